The number of nitrogens with one attached hydrogen (secondary N) is 1. The molecule has 3 rings (SSSR count). The highest BCUT2D eigenvalue weighted by atomic mass is 19.1. The molecule has 1 N–H and O–H groups in total. The number of carbonyl (C=O) groups excluding carboxylic acids is 2. The minimum absolute atomic E-state index is 0.175. The standard InChI is InChI=1S/C19H17FN2O3/c1-12-15-8-3-4-9-16(15)25-18(12)19(24)22(2)11-17(23)21-14-7-5-6-13(20)10-14/h3-10H,11H2,1-2H3,(H,21,23). The van der Waals surface area contributed by atoms with Crippen LogP contribution in [0.4, 0.5) is 10.1 Å². The van der Waals surface area contributed by atoms with Gasteiger partial charge in [0.15, 0.2) is 5.76 Å². The highest BCUT2D eigenvalue weighted by Crippen LogP contribution is 2.25. The number of rotatable bonds is 4. The summed E-state index contributed by atoms with van der Waals surface area (Å²) in [5.41, 5.74) is 1.70. The zero-order valence-corrected chi connectivity index (χ0v) is 13.9. The lowest BCUT2D eigenvalue weighted by molar-refractivity contribution is -0.116. The van der Waals surface area contributed by atoms with Crippen molar-refractivity contribution in [3.05, 3.63) is 65.7 Å². The van der Waals surface area contributed by atoms with Crippen LogP contribution in [0.15, 0.2) is 52.9 Å². The Morgan fingerprint density at radius 2 is 1.92 bits per heavy atom. The number of hydrogen-bond donors (Lipinski definition) is 1. The number of aryl methyl sites for hydroxylation is 1. The first-order valence-corrected chi connectivity index (χ1v) is 7.74. The average molecular weight is 340 g/mol. The lowest BCUT2D eigenvalue weighted by Gasteiger charge is -2.16. The Labute approximate surface area is 144 Å². The molecule has 1 heterocycles. The van der Waals surface area contributed by atoms with Crippen molar-refractivity contribution in [2.24, 2.45) is 0 Å². The number of anilines is 1. The van der Waals surface area contributed by atoms with Gasteiger partial charge in [-0.1, -0.05) is 24.3 Å². The molecule has 0 bridgehead atoms. The van der Waals surface area contributed by atoms with Crippen molar-refractivity contribution in [1.82, 2.24) is 4.90 Å². The molecule has 1 aromatic heterocycles. The second-order valence-corrected chi connectivity index (χ2v) is 5.77. The summed E-state index contributed by atoms with van der Waals surface area (Å²) in [4.78, 5) is 25.9. The quantitative estimate of drug-likeness (QED) is 0.789. The fraction of sp³-hybridized carbons (Fsp3) is 0.158. The van der Waals surface area contributed by atoms with Crippen LogP contribution in [0, 0.1) is 12.7 Å². The van der Waals surface area contributed by atoms with Crippen LogP contribution in [-0.2, 0) is 4.79 Å². The summed E-state index contributed by atoms with van der Waals surface area (Å²) in [6.07, 6.45) is 0. The molecule has 6 heteroatoms. The summed E-state index contributed by atoms with van der Waals surface area (Å²) in [5.74, 6) is -1.04. The molecule has 0 saturated carbocycles. The minimum atomic E-state index is -0.444. The van der Waals surface area contributed by atoms with Gasteiger partial charge in [-0.05, 0) is 31.2 Å². The topological polar surface area (TPSA) is 62.6 Å². The second kappa shape index (κ2) is 6.76. The number of nitrogens with zero attached hydrogens (tertiary/aromatic N) is 1. The zero-order valence-electron chi connectivity index (χ0n) is 13.9. The van der Waals surface area contributed by atoms with Gasteiger partial charge >= 0.3 is 0 Å². The van der Waals surface area contributed by atoms with Gasteiger partial charge in [0.1, 0.15) is 11.4 Å². The number of hydrogen-bond acceptors (Lipinski definition) is 3. The van der Waals surface area contributed by atoms with Crippen LogP contribution in [0.3, 0.4) is 0 Å². The molecule has 0 unspecified atom stereocenters. The number of para-hydroxylation sites is 1. The molecule has 2 amide bonds. The normalized spacial score (nSPS) is 10.7. The van der Waals surface area contributed by atoms with Crippen molar-refractivity contribution < 1.29 is 18.4 Å². The van der Waals surface area contributed by atoms with Crippen LogP contribution in [0.1, 0.15) is 16.1 Å². The highest BCUT2D eigenvalue weighted by Gasteiger charge is 2.22. The molecule has 0 aliphatic heterocycles. The largest absolute Gasteiger partial charge is 0.451 e. The number of benzene rings is 2. The molecule has 0 fully saturated rings. The Bertz CT molecular complexity index is 949. The van der Waals surface area contributed by atoms with Gasteiger partial charge in [0.25, 0.3) is 5.91 Å². The second-order valence-electron chi connectivity index (χ2n) is 5.77. The maximum Gasteiger partial charge on any atom is 0.290 e. The third kappa shape index (κ3) is 3.52. The predicted octanol–water partition coefficient (Wildman–Crippen LogP) is 3.59. The lowest BCUT2D eigenvalue weighted by Crippen LogP contribution is -2.35. The Morgan fingerprint density at radius 1 is 1.16 bits per heavy atom. The number of carbonyl (C=O) groups is 2. The fourth-order valence-electron chi connectivity index (χ4n) is 2.61. The van der Waals surface area contributed by atoms with E-state index in [0.717, 1.165) is 10.9 Å². The molecule has 0 aliphatic rings. The van der Waals surface area contributed by atoms with E-state index >= 15 is 0 Å². The third-order valence-electron chi connectivity index (χ3n) is 3.87. The Balaban J connectivity index is 1.71. The van der Waals surface area contributed by atoms with Crippen molar-refractivity contribution in [3.63, 3.8) is 0 Å². The number of furan rings is 1. The van der Waals surface area contributed by atoms with E-state index in [1.54, 1.807) is 19.1 Å². The summed E-state index contributed by atoms with van der Waals surface area (Å²) in [6, 6.07) is 12.9. The number of amides is 2. The first-order chi connectivity index (χ1) is 12.0. The molecule has 0 saturated heterocycles. The Hall–Kier alpha value is -3.15. The van der Waals surface area contributed by atoms with E-state index in [9.17, 15) is 14.0 Å². The van der Waals surface area contributed by atoms with Crippen LogP contribution in [-0.4, -0.2) is 30.3 Å². The smallest absolute Gasteiger partial charge is 0.290 e. The van der Waals surface area contributed by atoms with Gasteiger partial charge in [-0.25, -0.2) is 4.39 Å². The highest BCUT2D eigenvalue weighted by molar-refractivity contribution is 6.01. The van der Waals surface area contributed by atoms with Crippen molar-refractivity contribution >= 4 is 28.5 Å². The molecular formula is C19H17FN2O3. The molecule has 0 aliphatic carbocycles. The van der Waals surface area contributed by atoms with Crippen LogP contribution in [0.2, 0.25) is 0 Å². The van der Waals surface area contributed by atoms with E-state index in [0.29, 0.717) is 11.3 Å². The maximum atomic E-state index is 13.1. The van der Waals surface area contributed by atoms with Gasteiger partial charge in [-0.2, -0.15) is 0 Å². The van der Waals surface area contributed by atoms with Crippen LogP contribution in [0.5, 0.6) is 0 Å². The van der Waals surface area contributed by atoms with E-state index in [1.807, 2.05) is 18.2 Å². The van der Waals surface area contributed by atoms with Crippen molar-refractivity contribution in [2.45, 2.75) is 6.92 Å². The molecule has 25 heavy (non-hydrogen) atoms. The fourth-order valence-corrected chi connectivity index (χ4v) is 2.61. The van der Waals surface area contributed by atoms with Crippen molar-refractivity contribution in [3.8, 4) is 0 Å². The Kier molecular flexibility index (Phi) is 4.52. The van der Waals surface area contributed by atoms with Crippen LogP contribution in [0.25, 0.3) is 11.0 Å². The maximum absolute atomic E-state index is 13.1. The molecule has 2 aromatic carbocycles. The summed E-state index contributed by atoms with van der Waals surface area (Å²) in [6.45, 7) is 1.63. The van der Waals surface area contributed by atoms with Crippen molar-refractivity contribution in [2.75, 3.05) is 18.9 Å². The van der Waals surface area contributed by atoms with Gasteiger partial charge in [-0.15, -0.1) is 0 Å². The molecule has 5 nitrogen and oxygen atoms in total. The number of fused-ring (bicyclic) bond motifs is 1. The van der Waals surface area contributed by atoms with Gasteiger partial charge in [0.05, 0.1) is 6.54 Å². The molecule has 0 atom stereocenters. The van der Waals surface area contributed by atoms with Crippen molar-refractivity contribution in [1.29, 1.82) is 0 Å². The van der Waals surface area contributed by atoms with E-state index in [-0.39, 0.29) is 18.2 Å². The molecule has 3 aromatic rings. The van der Waals surface area contributed by atoms with E-state index in [4.69, 9.17) is 4.42 Å². The summed E-state index contributed by atoms with van der Waals surface area (Å²) < 4.78 is 18.8. The van der Waals surface area contributed by atoms with Gasteiger partial charge in [0.2, 0.25) is 5.91 Å². The average Bonchev–Trinajstić information content (AvgIpc) is 2.91. The van der Waals surface area contributed by atoms with E-state index in [1.165, 1.54) is 30.1 Å². The summed E-state index contributed by atoms with van der Waals surface area (Å²) >= 11 is 0. The van der Waals surface area contributed by atoms with E-state index < -0.39 is 11.7 Å². The monoisotopic (exact) mass is 340 g/mol. The molecule has 0 spiro atoms. The first-order valence-electron chi connectivity index (χ1n) is 7.74. The predicted molar refractivity (Wildman–Crippen MR) is 92.9 cm³/mol. The number of likely N-dealkylation sites (N-methyl/N-ethyl adjacent to an activating group) is 1. The lowest BCUT2D eigenvalue weighted by atomic mass is 10.1. The first kappa shape index (κ1) is 16.7. The van der Waals surface area contributed by atoms with Crippen LogP contribution >= 0.6 is 0 Å². The SMILES string of the molecule is Cc1c(C(=O)N(C)CC(=O)Nc2cccc(F)c2)oc2ccccc12. The molecular weight excluding hydrogens is 323 g/mol. The molecule has 0 radical (unpaired) electrons. The Morgan fingerprint density at radius 3 is 2.64 bits per heavy atom. The zero-order chi connectivity index (χ0) is 18.0. The van der Waals surface area contributed by atoms with Crippen LogP contribution < -0.4 is 5.32 Å². The minimum Gasteiger partial charge on any atom is -0.451 e. The number of halogens is 1. The molecule has 128 valence electrons. The third-order valence-corrected chi connectivity index (χ3v) is 3.87. The van der Waals surface area contributed by atoms with Gasteiger partial charge in [-0.3, -0.25) is 9.59 Å². The van der Waals surface area contributed by atoms with Gasteiger partial charge in [0, 0.05) is 23.7 Å². The van der Waals surface area contributed by atoms with Gasteiger partial charge < -0.3 is 14.6 Å². The summed E-state index contributed by atoms with van der Waals surface area (Å²) in [5, 5.41) is 3.42. The van der Waals surface area contributed by atoms with E-state index in [2.05, 4.69) is 5.32 Å². The summed E-state index contributed by atoms with van der Waals surface area (Å²) in [7, 11) is 1.51.